The number of hydrogen-bond donors (Lipinski definition) is 1. The molecule has 14 heteroatoms. The van der Waals surface area contributed by atoms with Crippen LogP contribution in [0.2, 0.25) is 0 Å². The minimum absolute atomic E-state index is 0.0557. The third-order valence-electron chi connectivity index (χ3n) is 7.92. The number of nitriles is 1. The Morgan fingerprint density at radius 1 is 0.977 bits per heavy atom. The van der Waals surface area contributed by atoms with Crippen molar-refractivity contribution in [2.24, 2.45) is 0 Å². The van der Waals surface area contributed by atoms with Crippen molar-refractivity contribution in [1.29, 1.82) is 5.26 Å². The summed E-state index contributed by atoms with van der Waals surface area (Å²) in [5, 5.41) is 19.5. The lowest BCUT2D eigenvalue weighted by Crippen LogP contribution is -2.59. The number of nitrogens with zero attached hydrogens (tertiary/aromatic N) is 4. The lowest BCUT2D eigenvalue weighted by molar-refractivity contribution is -0.125. The number of carbonyl (C=O) groups excluding carboxylic acids is 1. The fraction of sp³-hybridized carbons (Fsp3) is 0.345. The number of phenols is 1. The molecule has 0 spiro atoms. The third kappa shape index (κ3) is 5.54. The van der Waals surface area contributed by atoms with E-state index in [9.17, 15) is 45.5 Å². The molecule has 2 heterocycles. The van der Waals surface area contributed by atoms with Crippen molar-refractivity contribution in [3.05, 3.63) is 82.4 Å². The van der Waals surface area contributed by atoms with Crippen LogP contribution in [-0.2, 0) is 21.4 Å². The molecule has 0 unspecified atom stereocenters. The first-order valence-corrected chi connectivity index (χ1v) is 14.9. The molecule has 1 saturated heterocycles. The number of anilines is 1. The van der Waals surface area contributed by atoms with E-state index in [1.165, 1.54) is 18.6 Å². The Morgan fingerprint density at radius 2 is 1.63 bits per heavy atom. The second-order valence-electron chi connectivity index (χ2n) is 10.5. The zero-order chi connectivity index (χ0) is 31.1. The molecule has 1 aliphatic carbocycles. The molecule has 1 aromatic heterocycles. The van der Waals surface area contributed by atoms with Gasteiger partial charge in [-0.05, 0) is 48.9 Å². The van der Waals surface area contributed by atoms with Gasteiger partial charge in [-0.2, -0.15) is 9.57 Å². The van der Waals surface area contributed by atoms with Crippen molar-refractivity contribution in [3.63, 3.8) is 0 Å². The van der Waals surface area contributed by atoms with E-state index in [1.54, 1.807) is 18.3 Å². The van der Waals surface area contributed by atoms with Crippen LogP contribution in [0, 0.1) is 40.4 Å². The molecule has 8 nitrogen and oxygen atoms in total. The highest BCUT2D eigenvalue weighted by molar-refractivity contribution is 7.89. The summed E-state index contributed by atoms with van der Waals surface area (Å²) in [6.07, 6.45) is 7.05. The van der Waals surface area contributed by atoms with Crippen LogP contribution in [0.25, 0.3) is 0 Å². The van der Waals surface area contributed by atoms with E-state index in [-0.39, 0.29) is 24.2 Å². The maximum absolute atomic E-state index is 14.5. The first-order valence-electron chi connectivity index (χ1n) is 13.5. The Morgan fingerprint density at radius 3 is 2.16 bits per heavy atom. The Labute approximate surface area is 244 Å². The number of halogens is 5. The summed E-state index contributed by atoms with van der Waals surface area (Å²) in [6, 6.07) is 7.51. The Hall–Kier alpha value is -4.09. The predicted molar refractivity (Wildman–Crippen MR) is 143 cm³/mol. The van der Waals surface area contributed by atoms with E-state index < -0.39 is 68.2 Å². The van der Waals surface area contributed by atoms with E-state index in [2.05, 4.69) is 4.98 Å². The monoisotopic (exact) mass is 620 g/mol. The Kier molecular flexibility index (Phi) is 8.40. The van der Waals surface area contributed by atoms with Gasteiger partial charge in [-0.1, -0.05) is 25.3 Å². The number of pyridine rings is 1. The Balaban J connectivity index is 1.48. The number of benzene rings is 2. The average Bonchev–Trinajstić information content (AvgIpc) is 2.97. The summed E-state index contributed by atoms with van der Waals surface area (Å²) < 4.78 is 96.8. The fourth-order valence-electron chi connectivity index (χ4n) is 5.45. The molecule has 1 N–H and O–H groups in total. The molecule has 1 atom stereocenters. The van der Waals surface area contributed by atoms with Crippen LogP contribution in [0.4, 0.5) is 27.6 Å². The zero-order valence-corrected chi connectivity index (χ0v) is 23.4. The van der Waals surface area contributed by atoms with Gasteiger partial charge in [-0.15, -0.1) is 0 Å². The Bertz CT molecular complexity index is 1700. The van der Waals surface area contributed by atoms with Crippen LogP contribution >= 0.6 is 0 Å². The van der Waals surface area contributed by atoms with Gasteiger partial charge < -0.3 is 10.0 Å². The molecule has 1 saturated carbocycles. The third-order valence-corrected chi connectivity index (χ3v) is 9.84. The summed E-state index contributed by atoms with van der Waals surface area (Å²) in [4.78, 5) is 17.3. The number of rotatable bonds is 7. The van der Waals surface area contributed by atoms with Gasteiger partial charge in [-0.25, -0.2) is 30.4 Å². The number of sulfonamides is 1. The molecule has 2 aromatic carbocycles. The van der Waals surface area contributed by atoms with Crippen molar-refractivity contribution in [3.8, 4) is 11.8 Å². The summed E-state index contributed by atoms with van der Waals surface area (Å²) in [6.45, 7) is -0.652. The van der Waals surface area contributed by atoms with Gasteiger partial charge in [0.1, 0.15) is 17.9 Å². The van der Waals surface area contributed by atoms with Gasteiger partial charge >= 0.3 is 0 Å². The summed E-state index contributed by atoms with van der Waals surface area (Å²) in [5.41, 5.74) is 1.40. The summed E-state index contributed by atoms with van der Waals surface area (Å²) in [7, 11) is -5.36. The SMILES string of the molecule is N#Cc1ccc(N(Cc2ccc(C3CCCCC3)cn2)C(=O)[C@H]2CCN2S(=O)(=O)c2c(F)c(F)c(F)c(F)c2F)cc1O. The minimum Gasteiger partial charge on any atom is -0.506 e. The van der Waals surface area contributed by atoms with E-state index in [1.807, 2.05) is 6.07 Å². The smallest absolute Gasteiger partial charge is 0.249 e. The fourth-order valence-corrected chi connectivity index (χ4v) is 7.20. The van der Waals surface area contributed by atoms with Crippen LogP contribution in [-0.4, -0.2) is 41.3 Å². The molecule has 43 heavy (non-hydrogen) atoms. The lowest BCUT2D eigenvalue weighted by Gasteiger charge is -2.41. The topological polar surface area (TPSA) is 115 Å². The molecule has 1 aliphatic heterocycles. The van der Waals surface area contributed by atoms with Crippen LogP contribution in [0.15, 0.2) is 41.4 Å². The highest BCUT2D eigenvalue weighted by Gasteiger charge is 2.48. The molecule has 2 fully saturated rings. The molecule has 1 amide bonds. The molecule has 0 radical (unpaired) electrons. The maximum atomic E-state index is 14.5. The summed E-state index contributed by atoms with van der Waals surface area (Å²) in [5.74, 6) is -13.5. The largest absolute Gasteiger partial charge is 0.506 e. The van der Waals surface area contributed by atoms with Gasteiger partial charge in [-0.3, -0.25) is 9.78 Å². The molecule has 226 valence electrons. The standard InChI is InChI=1S/C29H25F5N4O4S/c30-23-24(31)26(33)28(27(34)25(23)32)43(41,42)38-11-10-21(38)29(40)37(20-9-7-17(13-35)22(39)12-20)15-19-8-6-18(14-36-19)16-4-2-1-3-5-16/h6-9,12,14,16,21,39H,1-5,10-11,15H2/t21-/m1/s1. The van der Waals surface area contributed by atoms with Gasteiger partial charge in [0, 0.05) is 24.5 Å². The van der Waals surface area contributed by atoms with Crippen molar-refractivity contribution in [1.82, 2.24) is 9.29 Å². The highest BCUT2D eigenvalue weighted by atomic mass is 32.2. The van der Waals surface area contributed by atoms with Gasteiger partial charge in [0.25, 0.3) is 0 Å². The minimum atomic E-state index is -5.36. The van der Waals surface area contributed by atoms with Crippen molar-refractivity contribution < 1.29 is 40.3 Å². The molecular formula is C29H25F5N4O4S. The second-order valence-corrected chi connectivity index (χ2v) is 12.3. The van der Waals surface area contributed by atoms with E-state index in [0.29, 0.717) is 15.9 Å². The lowest BCUT2D eigenvalue weighted by atomic mass is 9.85. The van der Waals surface area contributed by atoms with Crippen molar-refractivity contribution in [2.45, 2.75) is 61.9 Å². The van der Waals surface area contributed by atoms with Crippen LogP contribution in [0.1, 0.15) is 61.3 Å². The van der Waals surface area contributed by atoms with Crippen molar-refractivity contribution in [2.75, 3.05) is 11.4 Å². The first kappa shape index (κ1) is 30.4. The molecule has 2 aliphatic rings. The maximum Gasteiger partial charge on any atom is 0.249 e. The highest BCUT2D eigenvalue weighted by Crippen LogP contribution is 2.36. The molecule has 0 bridgehead atoms. The molecular weight excluding hydrogens is 595 g/mol. The molecule has 3 aromatic rings. The van der Waals surface area contributed by atoms with Gasteiger partial charge in [0.05, 0.1) is 17.8 Å². The number of phenolic OH excluding ortho intramolecular Hbond substituents is 1. The first-order chi connectivity index (χ1) is 20.4. The van der Waals surface area contributed by atoms with E-state index in [0.717, 1.165) is 42.2 Å². The number of aromatic hydroxyl groups is 1. The van der Waals surface area contributed by atoms with Crippen LogP contribution < -0.4 is 4.90 Å². The van der Waals surface area contributed by atoms with E-state index in [4.69, 9.17) is 0 Å². The average molecular weight is 621 g/mol. The molecule has 5 rings (SSSR count). The number of amides is 1. The predicted octanol–water partition coefficient (Wildman–Crippen LogP) is 5.40. The second kappa shape index (κ2) is 11.9. The zero-order valence-electron chi connectivity index (χ0n) is 22.5. The number of aromatic nitrogens is 1. The van der Waals surface area contributed by atoms with Crippen LogP contribution in [0.5, 0.6) is 5.75 Å². The van der Waals surface area contributed by atoms with E-state index >= 15 is 0 Å². The number of carbonyl (C=O) groups is 1. The summed E-state index contributed by atoms with van der Waals surface area (Å²) >= 11 is 0. The quantitative estimate of drug-likeness (QED) is 0.215. The normalized spacial score (nSPS) is 17.7. The van der Waals surface area contributed by atoms with Crippen LogP contribution in [0.3, 0.4) is 0 Å². The van der Waals surface area contributed by atoms with Gasteiger partial charge in [0.2, 0.25) is 21.7 Å². The van der Waals surface area contributed by atoms with Crippen molar-refractivity contribution >= 4 is 21.6 Å². The van der Waals surface area contributed by atoms with Gasteiger partial charge in [0.15, 0.2) is 28.2 Å². The number of hydrogen-bond acceptors (Lipinski definition) is 6.